The zero-order valence-electron chi connectivity index (χ0n) is 13.4. The molecule has 0 atom stereocenters. The molecule has 0 spiro atoms. The Morgan fingerprint density at radius 3 is 2.60 bits per heavy atom. The molecular formula is C16H26N4. The minimum absolute atomic E-state index is 0.0899. The number of anilines is 1. The van der Waals surface area contributed by atoms with Crippen LogP contribution in [0.15, 0.2) is 24.4 Å². The van der Waals surface area contributed by atoms with Crippen molar-refractivity contribution in [2.75, 3.05) is 11.9 Å². The molecule has 0 aliphatic rings. The van der Waals surface area contributed by atoms with Gasteiger partial charge in [-0.1, -0.05) is 6.07 Å². The van der Waals surface area contributed by atoms with Gasteiger partial charge in [-0.15, -0.1) is 0 Å². The summed E-state index contributed by atoms with van der Waals surface area (Å²) in [5, 5.41) is 3.56. The molecule has 0 aromatic carbocycles. The maximum absolute atomic E-state index is 4.78. The molecule has 0 saturated carbocycles. The van der Waals surface area contributed by atoms with Crippen molar-refractivity contribution in [1.82, 2.24) is 14.7 Å². The number of aromatic nitrogens is 2. The molecule has 4 heteroatoms. The molecule has 2 aromatic rings. The Balaban J connectivity index is 2.44. The number of nitrogens with zero attached hydrogens (tertiary/aromatic N) is 3. The molecule has 2 rings (SSSR count). The Bertz CT molecular complexity index is 578. The lowest BCUT2D eigenvalue weighted by atomic mass is 10.1. The van der Waals surface area contributed by atoms with Gasteiger partial charge in [0.05, 0.1) is 5.69 Å². The Morgan fingerprint density at radius 2 is 2.00 bits per heavy atom. The smallest absolute Gasteiger partial charge is 0.152 e. The second-order valence-electron chi connectivity index (χ2n) is 6.62. The summed E-state index contributed by atoms with van der Waals surface area (Å²) in [4.78, 5) is 7.01. The van der Waals surface area contributed by atoms with E-state index in [1.807, 2.05) is 6.07 Å². The Morgan fingerprint density at radius 1 is 1.30 bits per heavy atom. The zero-order valence-corrected chi connectivity index (χ0v) is 13.4. The van der Waals surface area contributed by atoms with Gasteiger partial charge in [0, 0.05) is 31.4 Å². The van der Waals surface area contributed by atoms with Crippen LogP contribution < -0.4 is 10.2 Å². The van der Waals surface area contributed by atoms with Crippen molar-refractivity contribution in [1.29, 1.82) is 0 Å². The normalized spacial score (nSPS) is 12.3. The second-order valence-corrected chi connectivity index (χ2v) is 6.62. The maximum Gasteiger partial charge on any atom is 0.152 e. The molecule has 110 valence electrons. The number of rotatable bonds is 4. The highest BCUT2D eigenvalue weighted by atomic mass is 15.2. The highest BCUT2D eigenvalue weighted by molar-refractivity contribution is 5.56. The molecule has 0 radical (unpaired) electrons. The van der Waals surface area contributed by atoms with E-state index in [-0.39, 0.29) is 5.54 Å². The van der Waals surface area contributed by atoms with Gasteiger partial charge in [-0.3, -0.25) is 0 Å². The number of nitrogens with one attached hydrogen (secondary N) is 1. The minimum Gasteiger partial charge on any atom is -0.356 e. The summed E-state index contributed by atoms with van der Waals surface area (Å²) < 4.78 is 2.17. The Labute approximate surface area is 121 Å². The average molecular weight is 274 g/mol. The molecule has 2 heterocycles. The van der Waals surface area contributed by atoms with Crippen molar-refractivity contribution in [2.45, 2.75) is 52.7 Å². The van der Waals surface area contributed by atoms with Crippen LogP contribution in [-0.2, 0) is 6.54 Å². The topological polar surface area (TPSA) is 32.6 Å². The van der Waals surface area contributed by atoms with E-state index in [0.717, 1.165) is 18.0 Å². The largest absolute Gasteiger partial charge is 0.356 e. The third-order valence-corrected chi connectivity index (χ3v) is 3.50. The predicted octanol–water partition coefficient (Wildman–Crippen LogP) is 3.07. The van der Waals surface area contributed by atoms with Crippen LogP contribution in [0.1, 0.15) is 40.3 Å². The summed E-state index contributed by atoms with van der Waals surface area (Å²) in [5.41, 5.74) is 2.31. The van der Waals surface area contributed by atoms with Gasteiger partial charge in [0.2, 0.25) is 0 Å². The van der Waals surface area contributed by atoms with Crippen molar-refractivity contribution in [3.05, 3.63) is 30.1 Å². The second kappa shape index (κ2) is 5.44. The first-order valence-corrected chi connectivity index (χ1v) is 7.23. The standard InChI is InChI=1S/C16H26N4/c1-12(2)19(6)15-13(11-17-16(3,4)5)20-10-8-7-9-14(20)18-15/h7-10,12,17H,11H2,1-6H3. The molecule has 20 heavy (non-hydrogen) atoms. The summed E-state index contributed by atoms with van der Waals surface area (Å²) in [5.74, 6) is 1.06. The first-order valence-electron chi connectivity index (χ1n) is 7.23. The third kappa shape index (κ3) is 3.12. The molecule has 0 aliphatic carbocycles. The molecule has 0 unspecified atom stereocenters. The fourth-order valence-corrected chi connectivity index (χ4v) is 2.07. The molecule has 1 N–H and O–H groups in total. The quantitative estimate of drug-likeness (QED) is 0.930. The SMILES string of the molecule is CC(C)N(C)c1nc2ccccn2c1CNC(C)(C)C. The van der Waals surface area contributed by atoms with Crippen LogP contribution in [0.3, 0.4) is 0 Å². The third-order valence-electron chi connectivity index (χ3n) is 3.50. The minimum atomic E-state index is 0.0899. The van der Waals surface area contributed by atoms with E-state index in [9.17, 15) is 0 Å². The van der Waals surface area contributed by atoms with Crippen LogP contribution in [0.5, 0.6) is 0 Å². The van der Waals surface area contributed by atoms with E-state index >= 15 is 0 Å². The van der Waals surface area contributed by atoms with Crippen molar-refractivity contribution in [3.8, 4) is 0 Å². The Kier molecular flexibility index (Phi) is 4.04. The summed E-state index contributed by atoms with van der Waals surface area (Å²) in [7, 11) is 2.10. The first kappa shape index (κ1) is 14.9. The van der Waals surface area contributed by atoms with Crippen LogP contribution in [0.25, 0.3) is 5.65 Å². The summed E-state index contributed by atoms with van der Waals surface area (Å²) >= 11 is 0. The maximum atomic E-state index is 4.78. The van der Waals surface area contributed by atoms with Crippen molar-refractivity contribution >= 4 is 11.5 Å². The Hall–Kier alpha value is -1.55. The summed E-state index contributed by atoms with van der Waals surface area (Å²) in [6.45, 7) is 11.7. The first-order chi connectivity index (χ1) is 9.29. The van der Waals surface area contributed by atoms with Crippen molar-refractivity contribution < 1.29 is 0 Å². The van der Waals surface area contributed by atoms with Gasteiger partial charge < -0.3 is 14.6 Å². The van der Waals surface area contributed by atoms with Crippen LogP contribution in [0.2, 0.25) is 0 Å². The van der Waals surface area contributed by atoms with Gasteiger partial charge in [-0.25, -0.2) is 4.98 Å². The molecule has 4 nitrogen and oxygen atoms in total. The predicted molar refractivity (Wildman–Crippen MR) is 85.3 cm³/mol. The highest BCUT2D eigenvalue weighted by Gasteiger charge is 2.19. The molecule has 0 bridgehead atoms. The van der Waals surface area contributed by atoms with Crippen LogP contribution in [-0.4, -0.2) is 28.0 Å². The lowest BCUT2D eigenvalue weighted by Gasteiger charge is -2.25. The van der Waals surface area contributed by atoms with Gasteiger partial charge in [-0.05, 0) is 46.8 Å². The van der Waals surface area contributed by atoms with Crippen LogP contribution >= 0.6 is 0 Å². The van der Waals surface area contributed by atoms with E-state index in [1.54, 1.807) is 0 Å². The fourth-order valence-electron chi connectivity index (χ4n) is 2.07. The number of hydrogen-bond donors (Lipinski definition) is 1. The number of imidazole rings is 1. The van der Waals surface area contributed by atoms with E-state index in [2.05, 4.69) is 74.6 Å². The van der Waals surface area contributed by atoms with Crippen LogP contribution in [0, 0.1) is 0 Å². The number of pyridine rings is 1. The monoisotopic (exact) mass is 274 g/mol. The van der Waals surface area contributed by atoms with Crippen molar-refractivity contribution in [2.24, 2.45) is 0 Å². The average Bonchev–Trinajstić information content (AvgIpc) is 2.73. The molecular weight excluding hydrogens is 248 g/mol. The van der Waals surface area contributed by atoms with Gasteiger partial charge in [0.25, 0.3) is 0 Å². The van der Waals surface area contributed by atoms with E-state index in [1.165, 1.54) is 5.69 Å². The number of hydrogen-bond acceptors (Lipinski definition) is 3. The molecule has 0 amide bonds. The van der Waals surface area contributed by atoms with Gasteiger partial charge >= 0.3 is 0 Å². The lowest BCUT2D eigenvalue weighted by molar-refractivity contribution is 0.420. The molecule has 0 fully saturated rings. The molecule has 0 saturated heterocycles. The van der Waals surface area contributed by atoms with Crippen molar-refractivity contribution in [3.63, 3.8) is 0 Å². The summed E-state index contributed by atoms with van der Waals surface area (Å²) in [6.07, 6.45) is 2.08. The molecule has 2 aromatic heterocycles. The highest BCUT2D eigenvalue weighted by Crippen LogP contribution is 2.23. The van der Waals surface area contributed by atoms with Gasteiger partial charge in [0.15, 0.2) is 5.82 Å². The lowest BCUT2D eigenvalue weighted by Crippen LogP contribution is -2.36. The summed E-state index contributed by atoms with van der Waals surface area (Å²) in [6, 6.07) is 6.56. The van der Waals surface area contributed by atoms with E-state index in [0.29, 0.717) is 6.04 Å². The fraction of sp³-hybridized carbons (Fsp3) is 0.562. The van der Waals surface area contributed by atoms with Gasteiger partial charge in [0.1, 0.15) is 5.65 Å². The van der Waals surface area contributed by atoms with Crippen LogP contribution in [0.4, 0.5) is 5.82 Å². The van der Waals surface area contributed by atoms with E-state index < -0.39 is 0 Å². The number of fused-ring (bicyclic) bond motifs is 1. The zero-order chi connectivity index (χ0) is 14.9. The molecule has 0 aliphatic heterocycles. The van der Waals surface area contributed by atoms with E-state index in [4.69, 9.17) is 4.98 Å². The van der Waals surface area contributed by atoms with Gasteiger partial charge in [-0.2, -0.15) is 0 Å².